The van der Waals surface area contributed by atoms with E-state index >= 15 is 0 Å². The van der Waals surface area contributed by atoms with Crippen molar-refractivity contribution >= 4 is 33.5 Å². The maximum Gasteiger partial charge on any atom is 0.297 e. The lowest BCUT2D eigenvalue weighted by molar-refractivity contribution is 0.480. The SMILES string of the molecule is CC(=Nn1c(-c2ccccc2)csc1=Nc1c(C)n(C)n(-c2ccccc2)c1=O)c1ccc2ccccc2c1O. The van der Waals surface area contributed by atoms with E-state index in [2.05, 4.69) is 0 Å². The molecule has 6 rings (SSSR count). The number of benzene rings is 4. The maximum absolute atomic E-state index is 13.6. The lowest BCUT2D eigenvalue weighted by Gasteiger charge is -2.09. The number of rotatable bonds is 5. The highest BCUT2D eigenvalue weighted by molar-refractivity contribution is 7.07. The average Bonchev–Trinajstić information content (AvgIpc) is 3.47. The van der Waals surface area contributed by atoms with Gasteiger partial charge in [0.05, 0.1) is 22.8 Å². The lowest BCUT2D eigenvalue weighted by Crippen LogP contribution is -2.20. The number of phenolic OH excluding ortho intramolecular Hbond substituents is 1. The summed E-state index contributed by atoms with van der Waals surface area (Å²) in [5.74, 6) is 0.180. The number of fused-ring (bicyclic) bond motifs is 1. The van der Waals surface area contributed by atoms with Crippen molar-refractivity contribution in [3.8, 4) is 22.7 Å². The van der Waals surface area contributed by atoms with E-state index in [4.69, 9.17) is 10.1 Å². The van der Waals surface area contributed by atoms with Gasteiger partial charge >= 0.3 is 0 Å². The van der Waals surface area contributed by atoms with Gasteiger partial charge in [-0.25, -0.2) is 14.4 Å². The molecular weight excluding hydrogens is 518 g/mol. The van der Waals surface area contributed by atoms with Gasteiger partial charge in [0.25, 0.3) is 5.56 Å². The molecule has 2 heterocycles. The Morgan fingerprint density at radius 2 is 1.55 bits per heavy atom. The number of thiazole rings is 1. The molecule has 7 nitrogen and oxygen atoms in total. The summed E-state index contributed by atoms with van der Waals surface area (Å²) in [6.07, 6.45) is 0. The van der Waals surface area contributed by atoms with E-state index in [0.29, 0.717) is 21.8 Å². The molecule has 0 amide bonds. The molecule has 0 atom stereocenters. The fourth-order valence-corrected chi connectivity index (χ4v) is 5.65. The second kappa shape index (κ2) is 10.3. The molecule has 1 N–H and O–H groups in total. The van der Waals surface area contributed by atoms with E-state index in [-0.39, 0.29) is 11.3 Å². The van der Waals surface area contributed by atoms with Crippen molar-refractivity contribution in [1.82, 2.24) is 14.0 Å². The molecule has 198 valence electrons. The topological polar surface area (TPSA) is 76.8 Å². The fourth-order valence-electron chi connectivity index (χ4n) is 4.81. The van der Waals surface area contributed by atoms with Gasteiger partial charge in [0.15, 0.2) is 5.69 Å². The Bertz CT molecular complexity index is 2010. The Hall–Kier alpha value is -4.95. The average molecular weight is 546 g/mol. The standard InChI is InChI=1S/C32H27N5O2S/c1-21(26-19-18-23-12-10-11-17-27(23)30(26)38)34-36-28(24-13-6-4-7-14-24)20-40-32(36)33-29-22(2)35(3)37(31(29)39)25-15-8-5-9-16-25/h4-20,38H,1-3H3. The van der Waals surface area contributed by atoms with Gasteiger partial charge in [-0.15, -0.1) is 11.3 Å². The Morgan fingerprint density at radius 3 is 2.30 bits per heavy atom. The number of aromatic nitrogens is 3. The number of hydrogen-bond donors (Lipinski definition) is 1. The van der Waals surface area contributed by atoms with Crippen LogP contribution in [0.4, 0.5) is 5.69 Å². The summed E-state index contributed by atoms with van der Waals surface area (Å²) in [7, 11) is 1.85. The van der Waals surface area contributed by atoms with Crippen molar-refractivity contribution in [3.63, 3.8) is 0 Å². The molecule has 2 aromatic heterocycles. The quantitative estimate of drug-likeness (QED) is 0.255. The summed E-state index contributed by atoms with van der Waals surface area (Å²) in [5, 5.41) is 19.7. The lowest BCUT2D eigenvalue weighted by atomic mass is 10.0. The van der Waals surface area contributed by atoms with Crippen molar-refractivity contribution in [3.05, 3.63) is 129 Å². The van der Waals surface area contributed by atoms with Crippen molar-refractivity contribution in [2.24, 2.45) is 17.1 Å². The molecule has 6 aromatic rings. The maximum atomic E-state index is 13.6. The molecule has 0 saturated heterocycles. The predicted molar refractivity (Wildman–Crippen MR) is 162 cm³/mol. The summed E-state index contributed by atoms with van der Waals surface area (Å²) in [6.45, 7) is 3.75. The Kier molecular flexibility index (Phi) is 6.53. The monoisotopic (exact) mass is 545 g/mol. The van der Waals surface area contributed by atoms with Crippen LogP contribution in [0.25, 0.3) is 27.7 Å². The molecule has 0 bridgehead atoms. The third kappa shape index (κ3) is 4.38. The van der Waals surface area contributed by atoms with Crippen molar-refractivity contribution in [2.45, 2.75) is 13.8 Å². The van der Waals surface area contributed by atoms with Gasteiger partial charge in [0, 0.05) is 28.9 Å². The Labute approximate surface area is 234 Å². The molecule has 0 fully saturated rings. The van der Waals surface area contributed by atoms with Crippen LogP contribution in [0.5, 0.6) is 5.75 Å². The number of aromatic hydroxyl groups is 1. The minimum atomic E-state index is -0.208. The molecule has 40 heavy (non-hydrogen) atoms. The van der Waals surface area contributed by atoms with E-state index in [1.54, 1.807) is 9.36 Å². The Balaban J connectivity index is 1.56. The van der Waals surface area contributed by atoms with Gasteiger partial charge in [0.1, 0.15) is 5.75 Å². The first-order chi connectivity index (χ1) is 19.4. The third-order valence-electron chi connectivity index (χ3n) is 7.03. The van der Waals surface area contributed by atoms with Gasteiger partial charge in [-0.2, -0.15) is 5.10 Å². The van der Waals surface area contributed by atoms with Crippen LogP contribution in [0.3, 0.4) is 0 Å². The molecule has 0 unspecified atom stereocenters. The van der Waals surface area contributed by atoms with Gasteiger partial charge in [-0.3, -0.25) is 9.48 Å². The molecule has 0 saturated carbocycles. The highest BCUT2D eigenvalue weighted by Gasteiger charge is 2.17. The largest absolute Gasteiger partial charge is 0.507 e. The van der Waals surface area contributed by atoms with Crippen LogP contribution in [0.2, 0.25) is 0 Å². The van der Waals surface area contributed by atoms with Crippen molar-refractivity contribution < 1.29 is 5.11 Å². The van der Waals surface area contributed by atoms with E-state index in [1.165, 1.54) is 11.3 Å². The van der Waals surface area contributed by atoms with Crippen LogP contribution in [-0.2, 0) is 7.05 Å². The minimum absolute atomic E-state index is 0.180. The van der Waals surface area contributed by atoms with Crippen LogP contribution in [-0.4, -0.2) is 24.9 Å². The van der Waals surface area contributed by atoms with Gasteiger partial charge in [-0.05, 0) is 37.4 Å². The highest BCUT2D eigenvalue weighted by atomic mass is 32.1. The number of hydrogen-bond acceptors (Lipinski definition) is 5. The van der Waals surface area contributed by atoms with Crippen LogP contribution < -0.4 is 10.4 Å². The van der Waals surface area contributed by atoms with Crippen LogP contribution in [0.1, 0.15) is 18.2 Å². The molecule has 0 aliphatic rings. The smallest absolute Gasteiger partial charge is 0.297 e. The summed E-state index contributed by atoms with van der Waals surface area (Å²) in [4.78, 5) is 19.0. The highest BCUT2D eigenvalue weighted by Crippen LogP contribution is 2.29. The van der Waals surface area contributed by atoms with E-state index in [9.17, 15) is 9.90 Å². The number of nitrogens with zero attached hydrogens (tertiary/aromatic N) is 5. The zero-order valence-corrected chi connectivity index (χ0v) is 23.1. The fraction of sp³-hybridized carbons (Fsp3) is 0.0938. The first-order valence-electron chi connectivity index (χ1n) is 12.9. The molecule has 0 aliphatic carbocycles. The second-order valence-corrected chi connectivity index (χ2v) is 10.3. The number of phenols is 1. The van der Waals surface area contributed by atoms with Gasteiger partial charge in [-0.1, -0.05) is 78.9 Å². The molecule has 8 heteroatoms. The Morgan fingerprint density at radius 1 is 0.875 bits per heavy atom. The van der Waals surface area contributed by atoms with Gasteiger partial charge < -0.3 is 5.11 Å². The predicted octanol–water partition coefficient (Wildman–Crippen LogP) is 6.38. The molecule has 0 aliphatic heterocycles. The van der Waals surface area contributed by atoms with Gasteiger partial charge in [0.2, 0.25) is 4.80 Å². The second-order valence-electron chi connectivity index (χ2n) is 9.47. The summed E-state index contributed by atoms with van der Waals surface area (Å²) in [5.41, 5.74) is 4.69. The summed E-state index contributed by atoms with van der Waals surface area (Å²) in [6, 6.07) is 31.0. The molecule has 0 radical (unpaired) electrons. The minimum Gasteiger partial charge on any atom is -0.507 e. The number of para-hydroxylation sites is 1. The third-order valence-corrected chi connectivity index (χ3v) is 7.84. The zero-order chi connectivity index (χ0) is 27.8. The summed E-state index contributed by atoms with van der Waals surface area (Å²) < 4.78 is 5.18. The zero-order valence-electron chi connectivity index (χ0n) is 22.3. The van der Waals surface area contributed by atoms with Crippen molar-refractivity contribution in [2.75, 3.05) is 0 Å². The summed E-state index contributed by atoms with van der Waals surface area (Å²) >= 11 is 1.41. The van der Waals surface area contributed by atoms with Crippen LogP contribution in [0, 0.1) is 6.92 Å². The molecular formula is C32H27N5O2S. The van der Waals surface area contributed by atoms with E-state index in [1.807, 2.05) is 128 Å². The first kappa shape index (κ1) is 25.3. The van der Waals surface area contributed by atoms with E-state index < -0.39 is 0 Å². The molecule has 4 aromatic carbocycles. The van der Waals surface area contributed by atoms with Crippen LogP contribution >= 0.6 is 11.3 Å². The van der Waals surface area contributed by atoms with Crippen LogP contribution in [0.15, 0.2) is 117 Å². The van der Waals surface area contributed by atoms with Crippen molar-refractivity contribution in [1.29, 1.82) is 0 Å². The van der Waals surface area contributed by atoms with E-state index in [0.717, 1.165) is 33.4 Å². The normalized spacial score (nSPS) is 12.4. The first-order valence-corrected chi connectivity index (χ1v) is 13.7. The molecule has 0 spiro atoms.